The minimum Gasteiger partial charge on any atom is -0.484 e. The number of aliphatic imine (C=N–C) groups is 1. The topological polar surface area (TPSA) is 84.0 Å². The number of hydrogen-bond acceptors (Lipinski definition) is 4. The predicted octanol–water partition coefficient (Wildman–Crippen LogP) is 2.05. The average Bonchev–Trinajstić information content (AvgIpc) is 3.46. The van der Waals surface area contributed by atoms with Gasteiger partial charge in [0, 0.05) is 25.7 Å². The van der Waals surface area contributed by atoms with Crippen molar-refractivity contribution in [2.75, 3.05) is 32.9 Å². The molecule has 152 valence electrons. The standard InChI is InChI=1S/C19H30N4O3.HI/c1-3-20-19(21-10-11-25-4-2)22-13-15-6-5-7-17(12-15)26-14-18(24)23-16-8-9-16;/h5-7,12,16H,3-4,8-11,13-14H2,1-2H3,(H,23,24)(H2,20,21,22);1H. The van der Waals surface area contributed by atoms with Crippen LogP contribution in [0.2, 0.25) is 0 Å². The zero-order valence-electron chi connectivity index (χ0n) is 16.1. The van der Waals surface area contributed by atoms with Crippen molar-refractivity contribution < 1.29 is 14.3 Å². The van der Waals surface area contributed by atoms with Crippen LogP contribution in [-0.4, -0.2) is 50.8 Å². The number of benzene rings is 1. The van der Waals surface area contributed by atoms with E-state index in [2.05, 4.69) is 20.9 Å². The van der Waals surface area contributed by atoms with Gasteiger partial charge in [-0.1, -0.05) is 12.1 Å². The summed E-state index contributed by atoms with van der Waals surface area (Å²) in [5.74, 6) is 1.36. The number of rotatable bonds is 11. The number of halogens is 1. The highest BCUT2D eigenvalue weighted by atomic mass is 127. The summed E-state index contributed by atoms with van der Waals surface area (Å²) in [5.41, 5.74) is 1.02. The van der Waals surface area contributed by atoms with Crippen molar-refractivity contribution in [1.29, 1.82) is 0 Å². The second-order valence-corrected chi connectivity index (χ2v) is 6.10. The number of carbonyl (C=O) groups is 1. The first-order chi connectivity index (χ1) is 12.7. The van der Waals surface area contributed by atoms with E-state index >= 15 is 0 Å². The lowest BCUT2D eigenvalue weighted by molar-refractivity contribution is -0.123. The highest BCUT2D eigenvalue weighted by molar-refractivity contribution is 14.0. The number of guanidine groups is 1. The SMILES string of the molecule is CCNC(=NCc1cccc(OCC(=O)NC2CC2)c1)NCCOCC.I. The van der Waals surface area contributed by atoms with E-state index in [9.17, 15) is 4.79 Å². The first-order valence-corrected chi connectivity index (χ1v) is 9.32. The molecule has 1 aliphatic carbocycles. The molecule has 0 saturated heterocycles. The molecule has 1 aliphatic rings. The summed E-state index contributed by atoms with van der Waals surface area (Å²) in [6.07, 6.45) is 2.15. The molecule has 8 heteroatoms. The third-order valence-corrected chi connectivity index (χ3v) is 3.72. The molecular weight excluding hydrogens is 459 g/mol. The van der Waals surface area contributed by atoms with Gasteiger partial charge >= 0.3 is 0 Å². The van der Waals surface area contributed by atoms with Crippen molar-refractivity contribution in [2.45, 2.75) is 39.3 Å². The van der Waals surface area contributed by atoms with Crippen molar-refractivity contribution in [3.05, 3.63) is 29.8 Å². The Kier molecular flexibility index (Phi) is 11.8. The zero-order valence-corrected chi connectivity index (χ0v) is 18.5. The van der Waals surface area contributed by atoms with Crippen LogP contribution in [0.15, 0.2) is 29.3 Å². The lowest BCUT2D eigenvalue weighted by Crippen LogP contribution is -2.39. The highest BCUT2D eigenvalue weighted by Crippen LogP contribution is 2.18. The van der Waals surface area contributed by atoms with Gasteiger partial charge in [0.1, 0.15) is 5.75 Å². The van der Waals surface area contributed by atoms with E-state index < -0.39 is 0 Å². The van der Waals surface area contributed by atoms with E-state index in [4.69, 9.17) is 9.47 Å². The first kappa shape index (κ1) is 23.5. The van der Waals surface area contributed by atoms with Gasteiger partial charge in [0.25, 0.3) is 5.91 Å². The second kappa shape index (κ2) is 13.6. The Balaban J connectivity index is 0.00000364. The third kappa shape index (κ3) is 10.4. The Morgan fingerprint density at radius 1 is 1.26 bits per heavy atom. The number of nitrogens with zero attached hydrogens (tertiary/aromatic N) is 1. The van der Waals surface area contributed by atoms with Gasteiger partial charge in [-0.2, -0.15) is 0 Å². The third-order valence-electron chi connectivity index (χ3n) is 3.72. The van der Waals surface area contributed by atoms with E-state index in [0.717, 1.165) is 30.9 Å². The molecular formula is C19H31IN4O3. The molecule has 1 aromatic carbocycles. The molecule has 0 atom stereocenters. The van der Waals surface area contributed by atoms with Gasteiger partial charge in [0.2, 0.25) is 0 Å². The van der Waals surface area contributed by atoms with Crippen LogP contribution >= 0.6 is 24.0 Å². The molecule has 0 spiro atoms. The Morgan fingerprint density at radius 2 is 2.07 bits per heavy atom. The summed E-state index contributed by atoms with van der Waals surface area (Å²) in [7, 11) is 0. The van der Waals surface area contributed by atoms with Crippen LogP contribution in [0, 0.1) is 0 Å². The Morgan fingerprint density at radius 3 is 2.78 bits per heavy atom. The van der Waals surface area contributed by atoms with Crippen molar-refractivity contribution in [1.82, 2.24) is 16.0 Å². The van der Waals surface area contributed by atoms with Gasteiger partial charge in [-0.25, -0.2) is 4.99 Å². The maximum atomic E-state index is 11.7. The second-order valence-electron chi connectivity index (χ2n) is 6.10. The van der Waals surface area contributed by atoms with Gasteiger partial charge in [-0.15, -0.1) is 24.0 Å². The number of ether oxygens (including phenoxy) is 2. The fourth-order valence-electron chi connectivity index (χ4n) is 2.28. The molecule has 3 N–H and O–H groups in total. The van der Waals surface area contributed by atoms with Crippen LogP contribution in [0.1, 0.15) is 32.3 Å². The van der Waals surface area contributed by atoms with Crippen LogP contribution in [0.4, 0.5) is 0 Å². The van der Waals surface area contributed by atoms with Gasteiger partial charge in [-0.3, -0.25) is 4.79 Å². The largest absolute Gasteiger partial charge is 0.484 e. The lowest BCUT2D eigenvalue weighted by atomic mass is 10.2. The van der Waals surface area contributed by atoms with E-state index in [0.29, 0.717) is 38.1 Å². The first-order valence-electron chi connectivity index (χ1n) is 9.32. The van der Waals surface area contributed by atoms with Crippen molar-refractivity contribution in [3.63, 3.8) is 0 Å². The number of hydrogen-bond donors (Lipinski definition) is 3. The van der Waals surface area contributed by atoms with Crippen molar-refractivity contribution in [3.8, 4) is 5.75 Å². The van der Waals surface area contributed by atoms with Crippen LogP contribution in [0.25, 0.3) is 0 Å². The Hall–Kier alpha value is -1.55. The molecule has 1 fully saturated rings. The summed E-state index contributed by atoms with van der Waals surface area (Å²) in [6, 6.07) is 8.02. The summed E-state index contributed by atoms with van der Waals surface area (Å²) in [6.45, 7) is 7.43. The van der Waals surface area contributed by atoms with E-state index in [1.54, 1.807) is 0 Å². The molecule has 2 rings (SSSR count). The smallest absolute Gasteiger partial charge is 0.258 e. The fraction of sp³-hybridized carbons (Fsp3) is 0.579. The maximum absolute atomic E-state index is 11.7. The quantitative estimate of drug-likeness (QED) is 0.192. The highest BCUT2D eigenvalue weighted by Gasteiger charge is 2.23. The molecule has 1 saturated carbocycles. The maximum Gasteiger partial charge on any atom is 0.258 e. The minimum atomic E-state index is -0.0659. The fourth-order valence-corrected chi connectivity index (χ4v) is 2.28. The van der Waals surface area contributed by atoms with Crippen LogP contribution in [-0.2, 0) is 16.1 Å². The van der Waals surface area contributed by atoms with Crippen molar-refractivity contribution in [2.24, 2.45) is 4.99 Å². The van der Waals surface area contributed by atoms with Crippen LogP contribution in [0.5, 0.6) is 5.75 Å². The minimum absolute atomic E-state index is 0. The molecule has 0 aromatic heterocycles. The number of carbonyl (C=O) groups excluding carboxylic acids is 1. The van der Waals surface area contributed by atoms with Gasteiger partial charge < -0.3 is 25.4 Å². The summed E-state index contributed by atoms with van der Waals surface area (Å²) < 4.78 is 10.9. The number of amides is 1. The Labute approximate surface area is 178 Å². The molecule has 7 nitrogen and oxygen atoms in total. The number of nitrogens with one attached hydrogen (secondary N) is 3. The summed E-state index contributed by atoms with van der Waals surface area (Å²) in [5, 5.41) is 9.35. The zero-order chi connectivity index (χ0) is 18.6. The molecule has 1 aromatic rings. The van der Waals surface area contributed by atoms with E-state index in [1.807, 2.05) is 38.1 Å². The summed E-state index contributed by atoms with van der Waals surface area (Å²) in [4.78, 5) is 16.3. The van der Waals surface area contributed by atoms with E-state index in [-0.39, 0.29) is 36.5 Å². The Bertz CT molecular complexity index is 594. The predicted molar refractivity (Wildman–Crippen MR) is 118 cm³/mol. The molecule has 0 heterocycles. The van der Waals surface area contributed by atoms with Crippen molar-refractivity contribution >= 4 is 35.8 Å². The summed E-state index contributed by atoms with van der Waals surface area (Å²) >= 11 is 0. The van der Waals surface area contributed by atoms with Gasteiger partial charge in [-0.05, 0) is 44.4 Å². The molecule has 0 aliphatic heterocycles. The average molecular weight is 490 g/mol. The molecule has 0 unspecified atom stereocenters. The molecule has 27 heavy (non-hydrogen) atoms. The van der Waals surface area contributed by atoms with E-state index in [1.165, 1.54) is 0 Å². The lowest BCUT2D eigenvalue weighted by Gasteiger charge is -2.11. The van der Waals surface area contributed by atoms with Gasteiger partial charge in [0.15, 0.2) is 12.6 Å². The molecule has 0 radical (unpaired) electrons. The molecule has 0 bridgehead atoms. The van der Waals surface area contributed by atoms with Crippen LogP contribution < -0.4 is 20.7 Å². The normalized spacial score (nSPS) is 13.5. The van der Waals surface area contributed by atoms with Gasteiger partial charge in [0.05, 0.1) is 13.2 Å². The molecule has 1 amide bonds. The monoisotopic (exact) mass is 490 g/mol. The van der Waals surface area contributed by atoms with Crippen LogP contribution in [0.3, 0.4) is 0 Å².